The zero-order valence-corrected chi connectivity index (χ0v) is 47.7. The van der Waals surface area contributed by atoms with Gasteiger partial charge in [-0.15, -0.1) is 0 Å². The Kier molecular flexibility index (Phi) is 57.8. The second-order valence-electron chi connectivity index (χ2n) is 20.6. The number of esters is 3. The van der Waals surface area contributed by atoms with E-state index < -0.39 is 6.10 Å². The van der Waals surface area contributed by atoms with Crippen molar-refractivity contribution in [2.45, 2.75) is 316 Å². The first-order valence-corrected chi connectivity index (χ1v) is 30.9. The maximum absolute atomic E-state index is 12.9. The van der Waals surface area contributed by atoms with Crippen LogP contribution in [-0.4, -0.2) is 37.2 Å². The summed E-state index contributed by atoms with van der Waals surface area (Å²) < 4.78 is 16.9. The molecule has 0 saturated heterocycles. The van der Waals surface area contributed by atoms with E-state index in [2.05, 4.69) is 93.7 Å². The molecule has 0 rings (SSSR count). The van der Waals surface area contributed by atoms with Crippen molar-refractivity contribution in [2.75, 3.05) is 13.2 Å². The third kappa shape index (κ3) is 57.7. The summed E-state index contributed by atoms with van der Waals surface area (Å²) >= 11 is 0. The molecule has 1 atom stereocenters. The molecule has 0 aromatic carbocycles. The maximum Gasteiger partial charge on any atom is 0.306 e. The molecule has 0 N–H and O–H groups in total. The summed E-state index contributed by atoms with van der Waals surface area (Å²) in [6.45, 7) is 6.52. The summed E-state index contributed by atoms with van der Waals surface area (Å²) in [6, 6.07) is 0. The first-order chi connectivity index (χ1) is 35.5. The zero-order valence-electron chi connectivity index (χ0n) is 47.7. The molecule has 0 heterocycles. The van der Waals surface area contributed by atoms with E-state index in [4.69, 9.17) is 14.2 Å². The van der Waals surface area contributed by atoms with Gasteiger partial charge in [0.25, 0.3) is 0 Å². The largest absolute Gasteiger partial charge is 0.462 e. The highest BCUT2D eigenvalue weighted by atomic mass is 16.6. The summed E-state index contributed by atoms with van der Waals surface area (Å²) in [7, 11) is 0. The van der Waals surface area contributed by atoms with Gasteiger partial charge in [-0.3, -0.25) is 14.4 Å². The average Bonchev–Trinajstić information content (AvgIpc) is 3.38. The van der Waals surface area contributed by atoms with Crippen LogP contribution in [0.1, 0.15) is 310 Å². The van der Waals surface area contributed by atoms with Crippen molar-refractivity contribution in [3.63, 3.8) is 0 Å². The third-order valence-electron chi connectivity index (χ3n) is 13.4. The fourth-order valence-corrected chi connectivity index (χ4v) is 8.82. The number of carbonyl (C=O) groups excluding carboxylic acids is 3. The van der Waals surface area contributed by atoms with Gasteiger partial charge in [0.15, 0.2) is 6.10 Å². The fraction of sp³-hybridized carbons (Fsp3) is 0.773. The average molecular weight is 1010 g/mol. The van der Waals surface area contributed by atoms with Gasteiger partial charge in [0.2, 0.25) is 0 Å². The molecule has 416 valence electrons. The highest BCUT2D eigenvalue weighted by Crippen LogP contribution is 2.17. The Morgan fingerprint density at radius 2 is 0.542 bits per heavy atom. The zero-order chi connectivity index (χ0) is 52.2. The quantitative estimate of drug-likeness (QED) is 0.0261. The van der Waals surface area contributed by atoms with Crippen LogP contribution in [0.25, 0.3) is 0 Å². The topological polar surface area (TPSA) is 78.9 Å². The van der Waals surface area contributed by atoms with E-state index in [0.717, 1.165) is 109 Å². The number of ether oxygens (including phenoxy) is 3. The SMILES string of the molecule is CC/C=C\C/C=C\C/C=C\C/C=C\CCCCCCC(=O)OCC(COC(=O)CCCCCCCCCCCCCCCCCCCCC)OC(=O)CCCCCCCCC/C=C\C/C=C\CCCCCC. The first-order valence-electron chi connectivity index (χ1n) is 30.9. The minimum atomic E-state index is -0.790. The van der Waals surface area contributed by atoms with Gasteiger partial charge in [-0.2, -0.15) is 0 Å². The Morgan fingerprint density at radius 1 is 0.292 bits per heavy atom. The van der Waals surface area contributed by atoms with Gasteiger partial charge in [-0.1, -0.05) is 273 Å². The molecule has 0 bridgehead atoms. The van der Waals surface area contributed by atoms with E-state index in [1.54, 1.807) is 0 Å². The molecule has 0 radical (unpaired) electrons. The number of allylic oxidation sites excluding steroid dienone is 12. The standard InChI is InChI=1S/C66H116O6/c1-4-7-10-13-16-19-22-25-28-31-33-36-38-41-44-47-50-53-56-59-65(68)71-62-63(61-70-64(67)58-55-52-49-46-43-40-37-34-30-27-24-21-18-15-12-9-6-3)72-66(69)60-57-54-51-48-45-42-39-35-32-29-26-23-20-17-14-11-8-5-2/h9,12,18,20-21,23,27,29-30,32,37,40,63H,4-8,10-11,13-17,19,22,24-26,28,31,33-36,38-39,41-62H2,1-3H3/b12-9-,21-18-,23-20-,30-27-,32-29-,40-37-. The van der Waals surface area contributed by atoms with Crippen molar-refractivity contribution in [1.29, 1.82) is 0 Å². The minimum absolute atomic E-state index is 0.0840. The third-order valence-corrected chi connectivity index (χ3v) is 13.4. The molecule has 6 heteroatoms. The van der Waals surface area contributed by atoms with Crippen LogP contribution in [0, 0.1) is 0 Å². The van der Waals surface area contributed by atoms with Gasteiger partial charge in [-0.05, 0) is 89.9 Å². The number of unbranched alkanes of at least 4 members (excludes halogenated alkanes) is 33. The molecule has 0 aromatic heterocycles. The van der Waals surface area contributed by atoms with Crippen molar-refractivity contribution in [3.05, 3.63) is 72.9 Å². The van der Waals surface area contributed by atoms with Crippen LogP contribution >= 0.6 is 0 Å². The Bertz CT molecular complexity index is 1340. The fourth-order valence-electron chi connectivity index (χ4n) is 8.82. The lowest BCUT2D eigenvalue weighted by molar-refractivity contribution is -0.167. The summed E-state index contributed by atoms with van der Waals surface area (Å²) in [5, 5.41) is 0. The molecule has 0 fully saturated rings. The van der Waals surface area contributed by atoms with Crippen LogP contribution < -0.4 is 0 Å². The molecule has 1 unspecified atom stereocenters. The van der Waals surface area contributed by atoms with Gasteiger partial charge in [0.05, 0.1) is 0 Å². The van der Waals surface area contributed by atoms with E-state index in [9.17, 15) is 14.4 Å². The van der Waals surface area contributed by atoms with E-state index in [1.165, 1.54) is 161 Å². The Labute approximate surface area is 446 Å². The molecule has 0 amide bonds. The van der Waals surface area contributed by atoms with E-state index >= 15 is 0 Å². The normalized spacial score (nSPS) is 12.5. The minimum Gasteiger partial charge on any atom is -0.462 e. The van der Waals surface area contributed by atoms with E-state index in [1.807, 2.05) is 0 Å². The molecular formula is C66H116O6. The number of hydrogen-bond donors (Lipinski definition) is 0. The maximum atomic E-state index is 12.9. The van der Waals surface area contributed by atoms with Crippen LogP contribution in [0.4, 0.5) is 0 Å². The number of carbonyl (C=O) groups is 3. The monoisotopic (exact) mass is 1000 g/mol. The van der Waals surface area contributed by atoms with Crippen LogP contribution in [0.15, 0.2) is 72.9 Å². The van der Waals surface area contributed by atoms with E-state index in [0.29, 0.717) is 19.3 Å². The Morgan fingerprint density at radius 3 is 0.861 bits per heavy atom. The molecule has 0 saturated carbocycles. The molecule has 0 aromatic rings. The summed E-state index contributed by atoms with van der Waals surface area (Å²) in [5.74, 6) is -0.902. The van der Waals surface area contributed by atoms with Gasteiger partial charge in [-0.25, -0.2) is 0 Å². The molecule has 6 nitrogen and oxygen atoms in total. The molecule has 0 aliphatic carbocycles. The Balaban J connectivity index is 4.40. The molecule has 0 aliphatic rings. The van der Waals surface area contributed by atoms with Crippen molar-refractivity contribution in [1.82, 2.24) is 0 Å². The first kappa shape index (κ1) is 68.8. The number of rotatable bonds is 56. The van der Waals surface area contributed by atoms with Crippen LogP contribution in [0.5, 0.6) is 0 Å². The molecular weight excluding hydrogens is 889 g/mol. The number of hydrogen-bond acceptors (Lipinski definition) is 6. The molecule has 72 heavy (non-hydrogen) atoms. The lowest BCUT2D eigenvalue weighted by Crippen LogP contribution is -2.30. The lowest BCUT2D eigenvalue weighted by atomic mass is 10.0. The summed E-state index contributed by atoms with van der Waals surface area (Å²) in [4.78, 5) is 38.3. The molecule has 0 aliphatic heterocycles. The van der Waals surface area contributed by atoms with E-state index in [-0.39, 0.29) is 31.1 Å². The van der Waals surface area contributed by atoms with Crippen LogP contribution in [0.2, 0.25) is 0 Å². The lowest BCUT2D eigenvalue weighted by Gasteiger charge is -2.18. The summed E-state index contributed by atoms with van der Waals surface area (Å²) in [5.41, 5.74) is 0. The summed E-state index contributed by atoms with van der Waals surface area (Å²) in [6.07, 6.45) is 77.5. The van der Waals surface area contributed by atoms with Crippen LogP contribution in [-0.2, 0) is 28.6 Å². The predicted molar refractivity (Wildman–Crippen MR) is 311 cm³/mol. The highest BCUT2D eigenvalue weighted by Gasteiger charge is 2.19. The second kappa shape index (κ2) is 60.4. The van der Waals surface area contributed by atoms with Gasteiger partial charge in [0.1, 0.15) is 13.2 Å². The molecule has 0 spiro atoms. The second-order valence-corrected chi connectivity index (χ2v) is 20.6. The van der Waals surface area contributed by atoms with Crippen LogP contribution in [0.3, 0.4) is 0 Å². The van der Waals surface area contributed by atoms with Crippen molar-refractivity contribution >= 4 is 17.9 Å². The van der Waals surface area contributed by atoms with Crippen molar-refractivity contribution in [2.24, 2.45) is 0 Å². The van der Waals surface area contributed by atoms with Gasteiger partial charge >= 0.3 is 17.9 Å². The predicted octanol–water partition coefficient (Wildman–Crippen LogP) is 20.9. The van der Waals surface area contributed by atoms with Gasteiger partial charge in [0, 0.05) is 19.3 Å². The van der Waals surface area contributed by atoms with Crippen molar-refractivity contribution < 1.29 is 28.6 Å². The van der Waals surface area contributed by atoms with Gasteiger partial charge < -0.3 is 14.2 Å². The Hall–Kier alpha value is -3.15. The smallest absolute Gasteiger partial charge is 0.306 e. The highest BCUT2D eigenvalue weighted by molar-refractivity contribution is 5.71. The van der Waals surface area contributed by atoms with Crippen molar-refractivity contribution in [3.8, 4) is 0 Å².